The van der Waals surface area contributed by atoms with E-state index < -0.39 is 0 Å². The van der Waals surface area contributed by atoms with Gasteiger partial charge in [-0.2, -0.15) is 0 Å². The summed E-state index contributed by atoms with van der Waals surface area (Å²) in [7, 11) is 0. The summed E-state index contributed by atoms with van der Waals surface area (Å²) < 4.78 is 0. The molecule has 4 heteroatoms. The van der Waals surface area contributed by atoms with Crippen molar-refractivity contribution < 1.29 is 9.59 Å². The average Bonchev–Trinajstić information content (AvgIpc) is 2.53. The third kappa shape index (κ3) is 3.36. The second-order valence-electron chi connectivity index (χ2n) is 3.89. The summed E-state index contributed by atoms with van der Waals surface area (Å²) in [6, 6.07) is -0.0550. The van der Waals surface area contributed by atoms with E-state index in [1.165, 1.54) is 6.92 Å². The van der Waals surface area contributed by atoms with Crippen molar-refractivity contribution in [2.24, 2.45) is 0 Å². The molecule has 0 radical (unpaired) electrons. The first-order valence-electron chi connectivity index (χ1n) is 5.14. The summed E-state index contributed by atoms with van der Waals surface area (Å²) >= 11 is 0. The number of rotatable bonds is 3. The maximum Gasteiger partial charge on any atom is 0.224 e. The molecule has 0 aliphatic carbocycles. The normalized spacial score (nSPS) is 18.0. The zero-order valence-corrected chi connectivity index (χ0v) is 8.88. The van der Waals surface area contributed by atoms with Gasteiger partial charge in [0.15, 0.2) is 0 Å². The van der Waals surface area contributed by atoms with Crippen LogP contribution in [0.1, 0.15) is 33.1 Å². The fourth-order valence-electron chi connectivity index (χ4n) is 1.76. The predicted molar refractivity (Wildman–Crippen MR) is 53.7 cm³/mol. The monoisotopic (exact) mass is 198 g/mol. The van der Waals surface area contributed by atoms with E-state index in [-0.39, 0.29) is 17.9 Å². The molecular weight excluding hydrogens is 180 g/mol. The maximum absolute atomic E-state index is 11.6. The lowest BCUT2D eigenvalue weighted by atomic mass is 10.2. The van der Waals surface area contributed by atoms with Gasteiger partial charge in [0, 0.05) is 32.5 Å². The van der Waals surface area contributed by atoms with E-state index >= 15 is 0 Å². The zero-order chi connectivity index (χ0) is 10.6. The molecule has 4 nitrogen and oxygen atoms in total. The molecule has 0 saturated carbocycles. The first-order chi connectivity index (χ1) is 6.59. The fourth-order valence-corrected chi connectivity index (χ4v) is 1.76. The molecule has 1 aliphatic rings. The minimum Gasteiger partial charge on any atom is -0.353 e. The summed E-state index contributed by atoms with van der Waals surface area (Å²) in [4.78, 5) is 24.2. The van der Waals surface area contributed by atoms with Crippen LogP contribution in [-0.4, -0.2) is 35.8 Å². The van der Waals surface area contributed by atoms with Crippen LogP contribution in [0.3, 0.4) is 0 Å². The number of carbonyl (C=O) groups excluding carboxylic acids is 2. The Kier molecular flexibility index (Phi) is 3.92. The second kappa shape index (κ2) is 4.98. The molecule has 1 atom stereocenters. The lowest BCUT2D eigenvalue weighted by molar-refractivity contribution is -0.130. The molecule has 1 saturated heterocycles. The van der Waals surface area contributed by atoms with Crippen LogP contribution in [-0.2, 0) is 9.59 Å². The van der Waals surface area contributed by atoms with Crippen LogP contribution in [0.4, 0.5) is 0 Å². The summed E-state index contributed by atoms with van der Waals surface area (Å²) in [6.07, 6.45) is 2.64. The van der Waals surface area contributed by atoms with Crippen LogP contribution >= 0.6 is 0 Å². The van der Waals surface area contributed by atoms with Crippen molar-refractivity contribution in [1.29, 1.82) is 0 Å². The van der Waals surface area contributed by atoms with Gasteiger partial charge < -0.3 is 10.2 Å². The van der Waals surface area contributed by atoms with Gasteiger partial charge in [0.25, 0.3) is 0 Å². The van der Waals surface area contributed by atoms with Crippen LogP contribution in [0.15, 0.2) is 0 Å². The van der Waals surface area contributed by atoms with Crippen molar-refractivity contribution in [2.45, 2.75) is 39.2 Å². The van der Waals surface area contributed by atoms with Gasteiger partial charge >= 0.3 is 0 Å². The van der Waals surface area contributed by atoms with E-state index in [2.05, 4.69) is 5.32 Å². The van der Waals surface area contributed by atoms with E-state index in [9.17, 15) is 9.59 Å². The van der Waals surface area contributed by atoms with Gasteiger partial charge in [-0.15, -0.1) is 0 Å². The van der Waals surface area contributed by atoms with Crippen LogP contribution in [0.5, 0.6) is 0 Å². The lowest BCUT2D eigenvalue weighted by Crippen LogP contribution is -2.37. The number of amides is 2. The van der Waals surface area contributed by atoms with E-state index in [4.69, 9.17) is 0 Å². The Labute approximate surface area is 84.7 Å². The molecule has 0 aromatic heterocycles. The number of nitrogens with one attached hydrogen (secondary N) is 1. The molecule has 1 N–H and O–H groups in total. The Hall–Kier alpha value is -1.06. The van der Waals surface area contributed by atoms with Crippen LogP contribution in [0.2, 0.25) is 0 Å². The second-order valence-corrected chi connectivity index (χ2v) is 3.89. The van der Waals surface area contributed by atoms with Crippen LogP contribution < -0.4 is 5.32 Å². The number of likely N-dealkylation sites (tertiary alicyclic amines) is 1. The van der Waals surface area contributed by atoms with Crippen molar-refractivity contribution in [3.63, 3.8) is 0 Å². The molecule has 0 aromatic rings. The van der Waals surface area contributed by atoms with Crippen molar-refractivity contribution in [1.82, 2.24) is 10.2 Å². The Morgan fingerprint density at radius 1 is 1.36 bits per heavy atom. The fraction of sp³-hybridized carbons (Fsp3) is 0.800. The smallest absolute Gasteiger partial charge is 0.224 e. The molecule has 0 aromatic carbocycles. The molecule has 1 heterocycles. The van der Waals surface area contributed by atoms with Gasteiger partial charge in [0.05, 0.1) is 0 Å². The SMILES string of the molecule is CC(=O)NC(C)CC(=O)N1CCCC1. The Morgan fingerprint density at radius 2 is 1.93 bits per heavy atom. The van der Waals surface area contributed by atoms with Gasteiger partial charge in [-0.25, -0.2) is 0 Å². The van der Waals surface area contributed by atoms with Gasteiger partial charge in [-0.1, -0.05) is 0 Å². The summed E-state index contributed by atoms with van der Waals surface area (Å²) in [5.41, 5.74) is 0. The number of hydrogen-bond donors (Lipinski definition) is 1. The average molecular weight is 198 g/mol. The zero-order valence-electron chi connectivity index (χ0n) is 8.88. The molecule has 1 aliphatic heterocycles. The quantitative estimate of drug-likeness (QED) is 0.719. The highest BCUT2D eigenvalue weighted by Gasteiger charge is 2.19. The van der Waals surface area contributed by atoms with Crippen LogP contribution in [0, 0.1) is 0 Å². The predicted octanol–water partition coefficient (Wildman–Crippen LogP) is 0.524. The largest absolute Gasteiger partial charge is 0.353 e. The molecule has 1 fully saturated rings. The lowest BCUT2D eigenvalue weighted by Gasteiger charge is -2.18. The number of hydrogen-bond acceptors (Lipinski definition) is 2. The van der Waals surface area contributed by atoms with Gasteiger partial charge in [0.1, 0.15) is 0 Å². The highest BCUT2D eigenvalue weighted by Crippen LogP contribution is 2.09. The highest BCUT2D eigenvalue weighted by atomic mass is 16.2. The van der Waals surface area contributed by atoms with Crippen molar-refractivity contribution in [3.8, 4) is 0 Å². The van der Waals surface area contributed by atoms with Crippen LogP contribution in [0.25, 0.3) is 0 Å². The van der Waals surface area contributed by atoms with Gasteiger partial charge in [-0.05, 0) is 19.8 Å². The number of nitrogens with zero attached hydrogens (tertiary/aromatic N) is 1. The number of carbonyl (C=O) groups is 2. The molecule has 0 spiro atoms. The molecule has 0 bridgehead atoms. The van der Waals surface area contributed by atoms with Gasteiger partial charge in [0.2, 0.25) is 11.8 Å². The third-order valence-corrected chi connectivity index (χ3v) is 2.39. The summed E-state index contributed by atoms with van der Waals surface area (Å²) in [6.45, 7) is 5.09. The molecule has 1 rings (SSSR count). The molecule has 1 unspecified atom stereocenters. The minimum atomic E-state index is -0.0771. The van der Waals surface area contributed by atoms with Crippen molar-refractivity contribution in [2.75, 3.05) is 13.1 Å². The summed E-state index contributed by atoms with van der Waals surface area (Å²) in [5, 5.41) is 2.71. The van der Waals surface area contributed by atoms with Gasteiger partial charge in [-0.3, -0.25) is 9.59 Å². The molecule has 80 valence electrons. The Morgan fingerprint density at radius 3 is 2.43 bits per heavy atom. The highest BCUT2D eigenvalue weighted by molar-refractivity contribution is 5.78. The summed E-state index contributed by atoms with van der Waals surface area (Å²) in [5.74, 6) is 0.0791. The first kappa shape index (κ1) is 11.0. The topological polar surface area (TPSA) is 49.4 Å². The van der Waals surface area contributed by atoms with Crippen molar-refractivity contribution in [3.05, 3.63) is 0 Å². The van der Waals surface area contributed by atoms with E-state index in [0.717, 1.165) is 25.9 Å². The Bertz CT molecular complexity index is 222. The molecule has 14 heavy (non-hydrogen) atoms. The third-order valence-electron chi connectivity index (χ3n) is 2.39. The van der Waals surface area contributed by atoms with E-state index in [1.807, 2.05) is 11.8 Å². The minimum absolute atomic E-state index is 0.0550. The molecule has 2 amide bonds. The first-order valence-corrected chi connectivity index (χ1v) is 5.14. The maximum atomic E-state index is 11.6. The molecular formula is C10H18N2O2. The van der Waals surface area contributed by atoms with E-state index in [0.29, 0.717) is 6.42 Å². The van der Waals surface area contributed by atoms with Crippen molar-refractivity contribution >= 4 is 11.8 Å². The Balaban J connectivity index is 2.28. The standard InChI is InChI=1S/C10H18N2O2/c1-8(11-9(2)13)7-10(14)12-5-3-4-6-12/h8H,3-7H2,1-2H3,(H,11,13). The van der Waals surface area contributed by atoms with E-state index in [1.54, 1.807) is 0 Å².